The molecule has 0 bridgehead atoms. The van der Waals surface area contributed by atoms with Gasteiger partial charge in [-0.05, 0) is 12.1 Å². The fraction of sp³-hybridized carbons (Fsp3) is 0.273. The van der Waals surface area contributed by atoms with Crippen molar-refractivity contribution < 1.29 is 4.42 Å². The minimum Gasteiger partial charge on any atom is -0.467 e. The number of nitrogen functional groups attached to an aromatic ring is 1. The first kappa shape index (κ1) is 11.3. The molecule has 2 heterocycles. The Hall–Kier alpha value is -2.24. The Kier molecular flexibility index (Phi) is 3.13. The van der Waals surface area contributed by atoms with Gasteiger partial charge in [0.25, 0.3) is 0 Å². The summed E-state index contributed by atoms with van der Waals surface area (Å²) in [5.74, 6) is 2.56. The number of hydrogen-bond acceptors (Lipinski definition) is 6. The van der Waals surface area contributed by atoms with Crippen LogP contribution in [0.1, 0.15) is 5.76 Å². The molecule has 6 nitrogen and oxygen atoms in total. The number of nitrogens with one attached hydrogen (secondary N) is 1. The molecule has 0 amide bonds. The quantitative estimate of drug-likeness (QED) is 0.829. The van der Waals surface area contributed by atoms with Gasteiger partial charge in [-0.3, -0.25) is 0 Å². The van der Waals surface area contributed by atoms with Crippen LogP contribution in [0.25, 0.3) is 0 Å². The molecule has 0 atom stereocenters. The number of anilines is 3. The first-order chi connectivity index (χ1) is 8.19. The Labute approximate surface area is 99.5 Å². The zero-order valence-electron chi connectivity index (χ0n) is 9.84. The number of furan rings is 1. The van der Waals surface area contributed by atoms with E-state index < -0.39 is 0 Å². The van der Waals surface area contributed by atoms with Crippen LogP contribution in [-0.2, 0) is 6.54 Å². The molecule has 0 aliphatic rings. The van der Waals surface area contributed by atoms with E-state index in [4.69, 9.17) is 10.2 Å². The van der Waals surface area contributed by atoms with Crippen molar-refractivity contribution in [2.24, 2.45) is 0 Å². The summed E-state index contributed by atoms with van der Waals surface area (Å²) in [6.45, 7) is 0.632. The number of aromatic nitrogens is 2. The molecule has 0 unspecified atom stereocenters. The Bertz CT molecular complexity index is 483. The van der Waals surface area contributed by atoms with Gasteiger partial charge in [-0.15, -0.1) is 0 Å². The van der Waals surface area contributed by atoms with Gasteiger partial charge in [-0.25, -0.2) is 0 Å². The van der Waals surface area contributed by atoms with Crippen LogP contribution in [0.5, 0.6) is 0 Å². The van der Waals surface area contributed by atoms with Crippen molar-refractivity contribution >= 4 is 17.6 Å². The number of rotatable bonds is 4. The molecule has 0 saturated carbocycles. The first-order valence-corrected chi connectivity index (χ1v) is 5.25. The highest BCUT2D eigenvalue weighted by Gasteiger charge is 2.08. The van der Waals surface area contributed by atoms with E-state index >= 15 is 0 Å². The normalized spacial score (nSPS) is 10.2. The maximum atomic E-state index is 5.63. The van der Waals surface area contributed by atoms with E-state index in [9.17, 15) is 0 Å². The van der Waals surface area contributed by atoms with Crippen molar-refractivity contribution in [3.63, 3.8) is 0 Å². The number of nitrogens with two attached hydrogens (primary N) is 1. The molecule has 90 valence electrons. The lowest BCUT2D eigenvalue weighted by Crippen LogP contribution is -2.18. The minimum atomic E-state index is 0.248. The molecule has 0 aromatic carbocycles. The third-order valence-electron chi connectivity index (χ3n) is 2.35. The van der Waals surface area contributed by atoms with Gasteiger partial charge in [0, 0.05) is 20.2 Å². The van der Waals surface area contributed by atoms with Gasteiger partial charge >= 0.3 is 0 Å². The molecule has 0 fully saturated rings. The van der Waals surface area contributed by atoms with Crippen molar-refractivity contribution in [1.29, 1.82) is 0 Å². The van der Waals surface area contributed by atoms with Crippen LogP contribution in [0.4, 0.5) is 17.6 Å². The van der Waals surface area contributed by atoms with Crippen molar-refractivity contribution in [2.75, 3.05) is 30.0 Å². The van der Waals surface area contributed by atoms with Crippen LogP contribution in [0.3, 0.4) is 0 Å². The van der Waals surface area contributed by atoms with Crippen molar-refractivity contribution in [3.05, 3.63) is 30.2 Å². The zero-order chi connectivity index (χ0) is 12.3. The fourth-order valence-corrected chi connectivity index (χ4v) is 1.49. The SMILES string of the molecule is CNc1cc(N(C)Cc2ccco2)nc(N)n1. The summed E-state index contributed by atoms with van der Waals surface area (Å²) < 4.78 is 5.28. The number of nitrogens with zero attached hydrogens (tertiary/aromatic N) is 3. The summed E-state index contributed by atoms with van der Waals surface area (Å²) in [5.41, 5.74) is 5.63. The topological polar surface area (TPSA) is 80.2 Å². The molecule has 2 aromatic rings. The second-order valence-corrected chi connectivity index (χ2v) is 3.66. The summed E-state index contributed by atoms with van der Waals surface area (Å²) in [6, 6.07) is 5.61. The van der Waals surface area contributed by atoms with Gasteiger partial charge in [0.1, 0.15) is 17.4 Å². The summed E-state index contributed by atoms with van der Waals surface area (Å²) in [4.78, 5) is 10.2. The summed E-state index contributed by atoms with van der Waals surface area (Å²) >= 11 is 0. The van der Waals surface area contributed by atoms with Gasteiger partial charge in [0.15, 0.2) is 0 Å². The molecule has 0 spiro atoms. The molecule has 0 saturated heterocycles. The lowest BCUT2D eigenvalue weighted by atomic mass is 10.4. The maximum absolute atomic E-state index is 5.63. The predicted molar refractivity (Wildman–Crippen MR) is 66.8 cm³/mol. The van der Waals surface area contributed by atoms with Crippen LogP contribution in [0.15, 0.2) is 28.9 Å². The van der Waals surface area contributed by atoms with Crippen molar-refractivity contribution in [2.45, 2.75) is 6.54 Å². The van der Waals surface area contributed by atoms with E-state index in [0.29, 0.717) is 12.4 Å². The van der Waals surface area contributed by atoms with Crippen molar-refractivity contribution in [1.82, 2.24) is 9.97 Å². The fourth-order valence-electron chi connectivity index (χ4n) is 1.49. The van der Waals surface area contributed by atoms with E-state index in [1.807, 2.05) is 30.1 Å². The van der Waals surface area contributed by atoms with Gasteiger partial charge < -0.3 is 20.4 Å². The highest BCUT2D eigenvalue weighted by Crippen LogP contribution is 2.17. The Morgan fingerprint density at radius 3 is 2.94 bits per heavy atom. The largest absolute Gasteiger partial charge is 0.467 e. The van der Waals surface area contributed by atoms with Crippen LogP contribution in [0.2, 0.25) is 0 Å². The van der Waals surface area contributed by atoms with Gasteiger partial charge in [-0.1, -0.05) is 0 Å². The molecular formula is C11H15N5O. The van der Waals surface area contributed by atoms with Crippen LogP contribution >= 0.6 is 0 Å². The smallest absolute Gasteiger partial charge is 0.223 e. The molecule has 6 heteroatoms. The summed E-state index contributed by atoms with van der Waals surface area (Å²) in [5, 5.41) is 2.94. The van der Waals surface area contributed by atoms with E-state index in [0.717, 1.165) is 11.6 Å². The molecule has 2 aromatic heterocycles. The molecule has 0 radical (unpaired) electrons. The van der Waals surface area contributed by atoms with E-state index in [1.54, 1.807) is 13.3 Å². The van der Waals surface area contributed by atoms with Gasteiger partial charge in [0.2, 0.25) is 5.95 Å². The third kappa shape index (κ3) is 2.66. The van der Waals surface area contributed by atoms with Crippen LogP contribution in [-0.4, -0.2) is 24.1 Å². The first-order valence-electron chi connectivity index (χ1n) is 5.25. The lowest BCUT2D eigenvalue weighted by Gasteiger charge is -2.17. The molecule has 17 heavy (non-hydrogen) atoms. The third-order valence-corrected chi connectivity index (χ3v) is 2.35. The highest BCUT2D eigenvalue weighted by molar-refractivity contribution is 5.51. The molecular weight excluding hydrogens is 218 g/mol. The highest BCUT2D eigenvalue weighted by atomic mass is 16.3. The average Bonchev–Trinajstić information content (AvgIpc) is 2.81. The van der Waals surface area contributed by atoms with Gasteiger partial charge in [-0.2, -0.15) is 9.97 Å². The minimum absolute atomic E-state index is 0.248. The van der Waals surface area contributed by atoms with Crippen LogP contribution in [0, 0.1) is 0 Å². The monoisotopic (exact) mass is 233 g/mol. The predicted octanol–water partition coefficient (Wildman–Crippen LogP) is 1.33. The van der Waals surface area contributed by atoms with Gasteiger partial charge in [0.05, 0.1) is 12.8 Å². The maximum Gasteiger partial charge on any atom is 0.223 e. The average molecular weight is 233 g/mol. The van der Waals surface area contributed by atoms with Crippen LogP contribution < -0.4 is 16.0 Å². The standard InChI is InChI=1S/C11H15N5O/c1-13-9-6-10(15-11(12)14-9)16(2)7-8-4-3-5-17-8/h3-6H,7H2,1-2H3,(H3,12,13,14,15). The Morgan fingerprint density at radius 2 is 2.29 bits per heavy atom. The molecule has 2 rings (SSSR count). The zero-order valence-corrected chi connectivity index (χ0v) is 9.84. The lowest BCUT2D eigenvalue weighted by molar-refractivity contribution is 0.507. The Balaban J connectivity index is 2.18. The second kappa shape index (κ2) is 4.73. The Morgan fingerprint density at radius 1 is 1.47 bits per heavy atom. The van der Waals surface area contributed by atoms with Crippen molar-refractivity contribution in [3.8, 4) is 0 Å². The number of hydrogen-bond donors (Lipinski definition) is 2. The van der Waals surface area contributed by atoms with E-state index in [-0.39, 0.29) is 5.95 Å². The second-order valence-electron chi connectivity index (χ2n) is 3.66. The molecule has 0 aliphatic heterocycles. The summed E-state index contributed by atoms with van der Waals surface area (Å²) in [7, 11) is 3.71. The van der Waals surface area contributed by atoms with E-state index in [1.165, 1.54) is 0 Å². The summed E-state index contributed by atoms with van der Waals surface area (Å²) in [6.07, 6.45) is 1.65. The van der Waals surface area contributed by atoms with E-state index in [2.05, 4.69) is 15.3 Å². The molecule has 0 aliphatic carbocycles. The molecule has 3 N–H and O–H groups in total.